The number of ketones is 1. The summed E-state index contributed by atoms with van der Waals surface area (Å²) in [6.45, 7) is 1.03. The van der Waals surface area contributed by atoms with Gasteiger partial charge in [0.2, 0.25) is 0 Å². The number of carbonyl (C=O) groups is 2. The van der Waals surface area contributed by atoms with Crippen LogP contribution in [0.15, 0.2) is 48.5 Å². The molecule has 3 N–H and O–H groups in total. The van der Waals surface area contributed by atoms with Crippen LogP contribution < -0.4 is 11.3 Å². The first kappa shape index (κ1) is 21.7. The molecule has 2 heterocycles. The van der Waals surface area contributed by atoms with Gasteiger partial charge in [-0.15, -0.1) is 0 Å². The number of rotatable bonds is 5. The molecular formula is C25H26F2N4O2. The molecule has 8 heteroatoms. The molecule has 1 aliphatic carbocycles. The lowest BCUT2D eigenvalue weighted by molar-refractivity contribution is 0.0106. The zero-order valence-corrected chi connectivity index (χ0v) is 18.2. The van der Waals surface area contributed by atoms with Crippen molar-refractivity contribution in [1.82, 2.24) is 14.9 Å². The molecule has 1 unspecified atom stereocenters. The number of nitrogen functional groups attached to an aromatic ring is 1. The van der Waals surface area contributed by atoms with Crippen LogP contribution in [-0.2, 0) is 13.0 Å². The quantitative estimate of drug-likeness (QED) is 0.353. The second-order valence-electron chi connectivity index (χ2n) is 9.04. The SMILES string of the molecule is NNC(=O)c1ccc(Cn2c3c(c4ccccc42)C(=O)C(CN2CCC(F)(F)C2)CC3)cc1. The summed E-state index contributed by atoms with van der Waals surface area (Å²) < 4.78 is 29.4. The number of halogens is 2. The van der Waals surface area contributed by atoms with Gasteiger partial charge in [0.25, 0.3) is 11.8 Å². The number of hydrazine groups is 1. The van der Waals surface area contributed by atoms with Crippen molar-refractivity contribution in [2.75, 3.05) is 19.6 Å². The normalized spacial score (nSPS) is 20.2. The van der Waals surface area contributed by atoms with Crippen LogP contribution in [0.1, 0.15) is 44.8 Å². The first-order valence-corrected chi connectivity index (χ1v) is 11.2. The maximum Gasteiger partial charge on any atom is 0.265 e. The van der Waals surface area contributed by atoms with Gasteiger partial charge in [-0.25, -0.2) is 14.6 Å². The minimum absolute atomic E-state index is 0.0522. The highest BCUT2D eigenvalue weighted by Gasteiger charge is 2.41. The van der Waals surface area contributed by atoms with Gasteiger partial charge in [0.05, 0.1) is 6.54 Å². The first-order chi connectivity index (χ1) is 15.9. The number of nitrogens with zero attached hydrogens (tertiary/aromatic N) is 2. The molecule has 2 aliphatic rings. The lowest BCUT2D eigenvalue weighted by Crippen LogP contribution is -2.36. The summed E-state index contributed by atoms with van der Waals surface area (Å²) in [7, 11) is 0. The van der Waals surface area contributed by atoms with Gasteiger partial charge in [-0.3, -0.25) is 19.9 Å². The maximum atomic E-state index is 13.6. The van der Waals surface area contributed by atoms with Gasteiger partial charge in [0.15, 0.2) is 5.78 Å². The van der Waals surface area contributed by atoms with Crippen LogP contribution in [0.2, 0.25) is 0 Å². The molecule has 6 nitrogen and oxygen atoms in total. The Balaban J connectivity index is 1.44. The van der Waals surface area contributed by atoms with Gasteiger partial charge >= 0.3 is 0 Å². The molecule has 0 saturated carbocycles. The zero-order chi connectivity index (χ0) is 23.2. The minimum Gasteiger partial charge on any atom is -0.339 e. The number of nitrogens with one attached hydrogen (secondary N) is 1. The van der Waals surface area contributed by atoms with Crippen LogP contribution in [0.5, 0.6) is 0 Å². The number of hydrogen-bond donors (Lipinski definition) is 2. The number of para-hydroxylation sites is 1. The molecule has 1 amide bonds. The molecule has 0 spiro atoms. The number of fused-ring (bicyclic) bond motifs is 3. The van der Waals surface area contributed by atoms with E-state index in [1.165, 1.54) is 0 Å². The Morgan fingerprint density at radius 2 is 1.91 bits per heavy atom. The Morgan fingerprint density at radius 1 is 1.15 bits per heavy atom. The number of carbonyl (C=O) groups excluding carboxylic acids is 2. The molecule has 172 valence electrons. The summed E-state index contributed by atoms with van der Waals surface area (Å²) in [6, 6.07) is 15.1. The fourth-order valence-electron chi connectivity index (χ4n) is 5.19. The molecule has 1 fully saturated rings. The fraction of sp³-hybridized carbons (Fsp3) is 0.360. The van der Waals surface area contributed by atoms with E-state index in [9.17, 15) is 18.4 Å². The van der Waals surface area contributed by atoms with Crippen LogP contribution in [-0.4, -0.2) is 46.7 Å². The summed E-state index contributed by atoms with van der Waals surface area (Å²) >= 11 is 0. The van der Waals surface area contributed by atoms with Gasteiger partial charge in [-0.2, -0.15) is 0 Å². The Kier molecular flexibility index (Phi) is 5.50. The third kappa shape index (κ3) is 4.05. The Bertz CT molecular complexity index is 1220. The highest BCUT2D eigenvalue weighted by molar-refractivity contribution is 6.11. The van der Waals surface area contributed by atoms with E-state index in [2.05, 4.69) is 9.99 Å². The third-order valence-electron chi connectivity index (χ3n) is 6.84. The average molecular weight is 453 g/mol. The van der Waals surface area contributed by atoms with Crippen molar-refractivity contribution in [1.29, 1.82) is 0 Å². The van der Waals surface area contributed by atoms with E-state index in [0.717, 1.165) is 34.1 Å². The van der Waals surface area contributed by atoms with Gasteiger partial charge in [0, 0.05) is 59.7 Å². The van der Waals surface area contributed by atoms with Crippen LogP contribution in [0.4, 0.5) is 8.78 Å². The second kappa shape index (κ2) is 8.35. The fourth-order valence-corrected chi connectivity index (χ4v) is 5.19. The molecule has 3 aromatic rings. The van der Waals surface area contributed by atoms with E-state index in [0.29, 0.717) is 31.6 Å². The van der Waals surface area contributed by atoms with Gasteiger partial charge < -0.3 is 4.57 Å². The molecular weight excluding hydrogens is 426 g/mol. The van der Waals surface area contributed by atoms with Crippen molar-refractivity contribution in [3.63, 3.8) is 0 Å². The molecule has 1 aromatic heterocycles. The zero-order valence-electron chi connectivity index (χ0n) is 18.2. The highest BCUT2D eigenvalue weighted by Crippen LogP contribution is 2.36. The molecule has 33 heavy (non-hydrogen) atoms. The average Bonchev–Trinajstić information content (AvgIpc) is 3.32. The Labute approximate surface area is 190 Å². The molecule has 5 rings (SSSR count). The van der Waals surface area contributed by atoms with Crippen LogP contribution >= 0.6 is 0 Å². The van der Waals surface area contributed by atoms with Crippen LogP contribution in [0.25, 0.3) is 10.9 Å². The van der Waals surface area contributed by atoms with E-state index in [-0.39, 0.29) is 30.6 Å². The first-order valence-electron chi connectivity index (χ1n) is 11.2. The van der Waals surface area contributed by atoms with Crippen molar-refractivity contribution in [3.8, 4) is 0 Å². The Morgan fingerprint density at radius 3 is 2.61 bits per heavy atom. The van der Waals surface area contributed by atoms with Gasteiger partial charge in [-0.1, -0.05) is 30.3 Å². The molecule has 0 bridgehead atoms. The van der Waals surface area contributed by atoms with E-state index >= 15 is 0 Å². The van der Waals surface area contributed by atoms with Crippen molar-refractivity contribution >= 4 is 22.6 Å². The lowest BCUT2D eigenvalue weighted by Gasteiger charge is -2.27. The summed E-state index contributed by atoms with van der Waals surface area (Å²) in [5.41, 5.74) is 6.30. The maximum absolute atomic E-state index is 13.6. The van der Waals surface area contributed by atoms with E-state index in [4.69, 9.17) is 5.84 Å². The molecule has 1 atom stereocenters. The molecule has 1 saturated heterocycles. The molecule has 2 aromatic carbocycles. The number of Topliss-reactive ketones (excluding diaryl/α,β-unsaturated/α-hetero) is 1. The van der Waals surface area contributed by atoms with Crippen molar-refractivity contribution < 1.29 is 18.4 Å². The predicted molar refractivity (Wildman–Crippen MR) is 121 cm³/mol. The van der Waals surface area contributed by atoms with Gasteiger partial charge in [-0.05, 0) is 36.6 Å². The molecule has 0 radical (unpaired) electrons. The van der Waals surface area contributed by atoms with E-state index < -0.39 is 5.92 Å². The van der Waals surface area contributed by atoms with Crippen LogP contribution in [0, 0.1) is 5.92 Å². The van der Waals surface area contributed by atoms with Crippen molar-refractivity contribution in [3.05, 3.63) is 70.9 Å². The summed E-state index contributed by atoms with van der Waals surface area (Å²) in [6.07, 6.45) is 1.24. The summed E-state index contributed by atoms with van der Waals surface area (Å²) in [4.78, 5) is 27.0. The van der Waals surface area contributed by atoms with Crippen molar-refractivity contribution in [2.45, 2.75) is 31.7 Å². The topological polar surface area (TPSA) is 80.4 Å². The summed E-state index contributed by atoms with van der Waals surface area (Å²) in [5, 5.41) is 0.910. The van der Waals surface area contributed by atoms with Crippen LogP contribution in [0.3, 0.4) is 0 Å². The number of alkyl halides is 2. The highest BCUT2D eigenvalue weighted by atomic mass is 19.3. The number of hydrogen-bond acceptors (Lipinski definition) is 4. The largest absolute Gasteiger partial charge is 0.339 e. The van der Waals surface area contributed by atoms with E-state index in [1.54, 1.807) is 17.0 Å². The number of benzene rings is 2. The van der Waals surface area contributed by atoms with E-state index in [1.807, 2.05) is 36.4 Å². The minimum atomic E-state index is -2.65. The van der Waals surface area contributed by atoms with Crippen molar-refractivity contribution in [2.24, 2.45) is 11.8 Å². The third-order valence-corrected chi connectivity index (χ3v) is 6.84. The Hall–Kier alpha value is -3.10. The summed E-state index contributed by atoms with van der Waals surface area (Å²) in [5.74, 6) is 1.99. The lowest BCUT2D eigenvalue weighted by atomic mass is 9.84. The predicted octanol–water partition coefficient (Wildman–Crippen LogP) is 3.38. The second-order valence-corrected chi connectivity index (χ2v) is 9.04. The molecule has 1 aliphatic heterocycles. The number of aromatic nitrogens is 1. The van der Waals surface area contributed by atoms with Gasteiger partial charge in [0.1, 0.15) is 0 Å². The smallest absolute Gasteiger partial charge is 0.265 e. The standard InChI is InChI=1S/C25H26F2N4O2/c26-25(27)11-12-30(15-25)14-18-9-10-21-22(23(18)32)19-3-1-2-4-20(19)31(21)13-16-5-7-17(8-6-16)24(33)29-28/h1-8,18H,9-15,28H2,(H,29,33). The monoisotopic (exact) mass is 452 g/mol. The number of likely N-dealkylation sites (tertiary alicyclic amines) is 1. The number of nitrogens with two attached hydrogens (primary N) is 1. The number of amides is 1.